The molecule has 104 valence electrons. The van der Waals surface area contributed by atoms with Crippen molar-refractivity contribution in [3.05, 3.63) is 28.2 Å². The molecule has 1 atom stereocenters. The zero-order chi connectivity index (χ0) is 13.7. The van der Waals surface area contributed by atoms with Crippen LogP contribution in [0.4, 0.5) is 10.5 Å². The molecule has 1 aromatic rings. The molecule has 0 saturated carbocycles. The highest BCUT2D eigenvalue weighted by Gasteiger charge is 2.15. The van der Waals surface area contributed by atoms with Gasteiger partial charge in [0.15, 0.2) is 0 Å². The van der Waals surface area contributed by atoms with Crippen LogP contribution in [0, 0.1) is 0 Å². The van der Waals surface area contributed by atoms with Crippen LogP contribution in [-0.2, 0) is 4.74 Å². The summed E-state index contributed by atoms with van der Waals surface area (Å²) >= 11 is 11.8. The van der Waals surface area contributed by atoms with Crippen LogP contribution in [0.25, 0.3) is 0 Å². The Kier molecular flexibility index (Phi) is 5.31. The van der Waals surface area contributed by atoms with E-state index in [4.69, 9.17) is 27.9 Å². The van der Waals surface area contributed by atoms with E-state index >= 15 is 0 Å². The zero-order valence-electron chi connectivity index (χ0n) is 10.4. The molecule has 4 nitrogen and oxygen atoms in total. The van der Waals surface area contributed by atoms with E-state index < -0.39 is 6.09 Å². The molecule has 0 spiro atoms. The van der Waals surface area contributed by atoms with Gasteiger partial charge in [0, 0.05) is 11.1 Å². The second-order valence-corrected chi connectivity index (χ2v) is 5.34. The Morgan fingerprint density at radius 2 is 2.26 bits per heavy atom. The molecule has 0 aliphatic carbocycles. The normalized spacial score (nSPS) is 18.9. The van der Waals surface area contributed by atoms with E-state index in [9.17, 15) is 4.79 Å². The summed E-state index contributed by atoms with van der Waals surface area (Å²) < 4.78 is 5.17. The highest BCUT2D eigenvalue weighted by atomic mass is 35.5. The number of carbonyl (C=O) groups excluding carboxylic acids is 1. The van der Waals surface area contributed by atoms with E-state index in [0.717, 1.165) is 13.0 Å². The predicted molar refractivity (Wildman–Crippen MR) is 77.1 cm³/mol. The smallest absolute Gasteiger partial charge is 0.411 e. The van der Waals surface area contributed by atoms with Gasteiger partial charge in [-0.25, -0.2) is 4.79 Å². The Morgan fingerprint density at radius 3 is 3.00 bits per heavy atom. The summed E-state index contributed by atoms with van der Waals surface area (Å²) in [6, 6.07) is 5.12. The molecule has 1 unspecified atom stereocenters. The number of halogens is 2. The Morgan fingerprint density at radius 1 is 1.42 bits per heavy atom. The molecule has 1 aliphatic rings. The van der Waals surface area contributed by atoms with Gasteiger partial charge < -0.3 is 10.1 Å². The number of amides is 1. The van der Waals surface area contributed by atoms with E-state index in [2.05, 4.69) is 10.6 Å². The molecular formula is C13H16Cl2N2O2. The van der Waals surface area contributed by atoms with Gasteiger partial charge in [0.05, 0.1) is 10.7 Å². The van der Waals surface area contributed by atoms with Gasteiger partial charge in [0.2, 0.25) is 0 Å². The van der Waals surface area contributed by atoms with Crippen LogP contribution in [0.15, 0.2) is 18.2 Å². The number of hydrogen-bond donors (Lipinski definition) is 2. The van der Waals surface area contributed by atoms with Gasteiger partial charge in [0.1, 0.15) is 6.61 Å². The minimum absolute atomic E-state index is 0.245. The average molecular weight is 303 g/mol. The second-order valence-electron chi connectivity index (χ2n) is 4.49. The first kappa shape index (κ1) is 14.4. The van der Waals surface area contributed by atoms with Crippen molar-refractivity contribution in [1.82, 2.24) is 5.32 Å². The van der Waals surface area contributed by atoms with Crippen molar-refractivity contribution in [2.75, 3.05) is 18.5 Å². The Balaban J connectivity index is 1.81. The van der Waals surface area contributed by atoms with Crippen LogP contribution in [0.2, 0.25) is 10.0 Å². The monoisotopic (exact) mass is 302 g/mol. The predicted octanol–water partition coefficient (Wildman–Crippen LogP) is 3.68. The minimum Gasteiger partial charge on any atom is -0.448 e. The summed E-state index contributed by atoms with van der Waals surface area (Å²) in [5.41, 5.74) is 0.454. The van der Waals surface area contributed by atoms with E-state index in [0.29, 0.717) is 22.3 Å². The quantitative estimate of drug-likeness (QED) is 0.895. The highest BCUT2D eigenvalue weighted by Crippen LogP contribution is 2.25. The number of nitrogens with one attached hydrogen (secondary N) is 2. The van der Waals surface area contributed by atoms with Crippen LogP contribution in [-0.4, -0.2) is 25.3 Å². The van der Waals surface area contributed by atoms with Crippen LogP contribution in [0.5, 0.6) is 0 Å². The molecule has 2 rings (SSSR count). The SMILES string of the molecule is O=C(Nc1cc(Cl)ccc1Cl)OCC1CCCCN1. The lowest BCUT2D eigenvalue weighted by Crippen LogP contribution is -2.38. The van der Waals surface area contributed by atoms with E-state index in [-0.39, 0.29) is 6.04 Å². The third-order valence-electron chi connectivity index (χ3n) is 2.99. The number of carbonyl (C=O) groups is 1. The van der Waals surface area contributed by atoms with Gasteiger partial charge in [-0.1, -0.05) is 29.6 Å². The molecule has 0 bridgehead atoms. The summed E-state index contributed by atoms with van der Waals surface area (Å²) in [7, 11) is 0. The Labute approximate surface area is 122 Å². The third kappa shape index (κ3) is 4.56. The number of anilines is 1. The molecule has 1 aromatic carbocycles. The molecule has 1 aliphatic heterocycles. The molecule has 1 saturated heterocycles. The van der Waals surface area contributed by atoms with Gasteiger partial charge in [-0.15, -0.1) is 0 Å². The second kappa shape index (κ2) is 6.98. The van der Waals surface area contributed by atoms with Crippen molar-refractivity contribution in [2.24, 2.45) is 0 Å². The molecule has 6 heteroatoms. The molecule has 0 aromatic heterocycles. The minimum atomic E-state index is -0.517. The van der Waals surface area contributed by atoms with Crippen molar-refractivity contribution in [1.29, 1.82) is 0 Å². The first-order chi connectivity index (χ1) is 9.15. The largest absolute Gasteiger partial charge is 0.448 e. The number of hydrogen-bond acceptors (Lipinski definition) is 3. The lowest BCUT2D eigenvalue weighted by Gasteiger charge is -2.23. The first-order valence-corrected chi connectivity index (χ1v) is 7.03. The average Bonchev–Trinajstić information content (AvgIpc) is 2.42. The fourth-order valence-corrected chi connectivity index (χ4v) is 2.32. The molecular weight excluding hydrogens is 287 g/mol. The van der Waals surface area contributed by atoms with Gasteiger partial charge in [-0.05, 0) is 37.6 Å². The summed E-state index contributed by atoms with van der Waals surface area (Å²) in [5, 5.41) is 6.83. The molecule has 19 heavy (non-hydrogen) atoms. The topological polar surface area (TPSA) is 50.4 Å². The van der Waals surface area contributed by atoms with Crippen molar-refractivity contribution < 1.29 is 9.53 Å². The lowest BCUT2D eigenvalue weighted by molar-refractivity contribution is 0.141. The standard InChI is InChI=1S/C13H16Cl2N2O2/c14-9-4-5-11(15)12(7-9)17-13(18)19-8-10-3-1-2-6-16-10/h4-5,7,10,16H,1-3,6,8H2,(H,17,18). The van der Waals surface area contributed by atoms with Crippen molar-refractivity contribution in [3.63, 3.8) is 0 Å². The fraction of sp³-hybridized carbons (Fsp3) is 0.462. The highest BCUT2D eigenvalue weighted by molar-refractivity contribution is 6.35. The fourth-order valence-electron chi connectivity index (χ4n) is 1.98. The van der Waals surface area contributed by atoms with Crippen LogP contribution < -0.4 is 10.6 Å². The lowest BCUT2D eigenvalue weighted by atomic mass is 10.1. The number of piperidine rings is 1. The first-order valence-electron chi connectivity index (χ1n) is 6.27. The van der Waals surface area contributed by atoms with E-state index in [1.54, 1.807) is 18.2 Å². The van der Waals surface area contributed by atoms with Crippen LogP contribution in [0.3, 0.4) is 0 Å². The summed E-state index contributed by atoms with van der Waals surface area (Å²) in [6.45, 7) is 1.35. The molecule has 1 fully saturated rings. The summed E-state index contributed by atoms with van der Waals surface area (Å²) in [4.78, 5) is 11.7. The van der Waals surface area contributed by atoms with Gasteiger partial charge in [-0.2, -0.15) is 0 Å². The summed E-state index contributed by atoms with van der Waals surface area (Å²) in [5.74, 6) is 0. The van der Waals surface area contributed by atoms with Gasteiger partial charge in [-0.3, -0.25) is 5.32 Å². The van der Waals surface area contributed by atoms with Crippen LogP contribution >= 0.6 is 23.2 Å². The van der Waals surface area contributed by atoms with Crippen molar-refractivity contribution in [2.45, 2.75) is 25.3 Å². The molecule has 0 radical (unpaired) electrons. The number of rotatable bonds is 3. The van der Waals surface area contributed by atoms with Crippen molar-refractivity contribution >= 4 is 35.0 Å². The van der Waals surface area contributed by atoms with Crippen molar-refractivity contribution in [3.8, 4) is 0 Å². The van der Waals surface area contributed by atoms with E-state index in [1.807, 2.05) is 0 Å². The number of benzene rings is 1. The summed E-state index contributed by atoms with van der Waals surface area (Å²) in [6.07, 6.45) is 2.87. The third-order valence-corrected chi connectivity index (χ3v) is 3.56. The zero-order valence-corrected chi connectivity index (χ0v) is 11.9. The maximum atomic E-state index is 11.7. The maximum absolute atomic E-state index is 11.7. The molecule has 2 N–H and O–H groups in total. The van der Waals surface area contributed by atoms with Gasteiger partial charge in [0.25, 0.3) is 0 Å². The van der Waals surface area contributed by atoms with Gasteiger partial charge >= 0.3 is 6.09 Å². The number of ether oxygens (including phenoxy) is 1. The maximum Gasteiger partial charge on any atom is 0.411 e. The van der Waals surface area contributed by atoms with E-state index in [1.165, 1.54) is 12.8 Å². The Bertz CT molecular complexity index is 448. The Hall–Kier alpha value is -0.970. The molecule has 1 heterocycles. The molecule has 1 amide bonds. The van der Waals surface area contributed by atoms with Crippen LogP contribution in [0.1, 0.15) is 19.3 Å².